The van der Waals surface area contributed by atoms with Crippen molar-refractivity contribution in [2.24, 2.45) is 0 Å². The van der Waals surface area contributed by atoms with Crippen molar-refractivity contribution in [3.8, 4) is 5.75 Å². The van der Waals surface area contributed by atoms with E-state index in [4.69, 9.17) is 0 Å². The molecule has 2 rings (SSSR count). The van der Waals surface area contributed by atoms with Crippen LogP contribution in [0, 0.1) is 0 Å². The Kier molecular flexibility index (Phi) is 3.66. The number of phenolic OH excluding ortho intramolecular Hbond substituents is 1. The van der Waals surface area contributed by atoms with Gasteiger partial charge in [0.05, 0.1) is 19.2 Å². The lowest BCUT2D eigenvalue weighted by Gasteiger charge is -2.08. The second-order valence-electron chi connectivity index (χ2n) is 4.00. The van der Waals surface area contributed by atoms with Crippen molar-refractivity contribution < 1.29 is 14.6 Å². The molecule has 0 aliphatic heterocycles. The zero-order chi connectivity index (χ0) is 13.8. The summed E-state index contributed by atoms with van der Waals surface area (Å²) in [6.07, 6.45) is 1.63. The van der Waals surface area contributed by atoms with Gasteiger partial charge in [-0.1, -0.05) is 12.1 Å². The molecule has 0 atom stereocenters. The molecule has 98 valence electrons. The minimum Gasteiger partial charge on any atom is -0.508 e. The molecule has 2 aromatic rings. The lowest BCUT2D eigenvalue weighted by atomic mass is 10.1. The molecule has 5 heteroatoms. The maximum atomic E-state index is 11.6. The molecule has 0 aliphatic rings. The monoisotopic (exact) mass is 259 g/mol. The summed E-state index contributed by atoms with van der Waals surface area (Å²) in [7, 11) is 1.27. The molecule has 0 fully saturated rings. The lowest BCUT2D eigenvalue weighted by molar-refractivity contribution is 0.0600. The topological polar surface area (TPSA) is 68.5 Å². The molecule has 0 amide bonds. The maximum absolute atomic E-state index is 11.6. The molecule has 0 unspecified atom stereocenters. The van der Waals surface area contributed by atoms with E-state index in [1.807, 2.05) is 0 Å². The first kappa shape index (κ1) is 12.9. The Balaban J connectivity index is 2.30. The molecule has 0 aliphatic carbocycles. The van der Waals surface area contributed by atoms with Crippen LogP contribution in [0.4, 0.5) is 0 Å². The van der Waals surface area contributed by atoms with Gasteiger partial charge in [-0.2, -0.15) is 0 Å². The van der Waals surface area contributed by atoms with Gasteiger partial charge < -0.3 is 14.4 Å². The number of methoxy groups -OCH3 is 1. The first-order chi connectivity index (χ1) is 9.11. The maximum Gasteiger partial charge on any atom is 0.337 e. The summed E-state index contributed by atoms with van der Waals surface area (Å²) in [5.41, 5.74) is 0.670. The van der Waals surface area contributed by atoms with E-state index in [1.54, 1.807) is 30.5 Å². The summed E-state index contributed by atoms with van der Waals surface area (Å²) in [4.78, 5) is 22.9. The highest BCUT2D eigenvalue weighted by molar-refractivity contribution is 5.89. The van der Waals surface area contributed by atoms with E-state index in [2.05, 4.69) is 4.74 Å². The minimum atomic E-state index is -0.515. The number of nitrogens with zero attached hydrogens (tertiary/aromatic N) is 1. The number of esters is 1. The number of hydrogen-bond donors (Lipinski definition) is 1. The predicted octanol–water partition coefficient (Wildman–Crippen LogP) is 1.39. The molecule has 0 radical (unpaired) electrons. The Bertz CT molecular complexity index is 660. The van der Waals surface area contributed by atoms with E-state index >= 15 is 0 Å². The van der Waals surface area contributed by atoms with E-state index in [0.717, 1.165) is 0 Å². The minimum absolute atomic E-state index is 0.0429. The fourth-order valence-electron chi connectivity index (χ4n) is 1.72. The number of carbonyl (C=O) groups is 1. The second-order valence-corrected chi connectivity index (χ2v) is 4.00. The lowest BCUT2D eigenvalue weighted by Crippen LogP contribution is -2.18. The number of hydrogen-bond acceptors (Lipinski definition) is 4. The summed E-state index contributed by atoms with van der Waals surface area (Å²) < 4.78 is 6.03. The number of rotatable bonds is 3. The van der Waals surface area contributed by atoms with Crippen LogP contribution in [-0.4, -0.2) is 22.8 Å². The number of aromatic hydroxyl groups is 1. The van der Waals surface area contributed by atoms with Crippen molar-refractivity contribution in [3.05, 3.63) is 64.1 Å². The van der Waals surface area contributed by atoms with Gasteiger partial charge >= 0.3 is 5.97 Å². The molecule has 1 aromatic carbocycles. The van der Waals surface area contributed by atoms with Gasteiger partial charge in [0.15, 0.2) is 0 Å². The van der Waals surface area contributed by atoms with Crippen LogP contribution in [-0.2, 0) is 11.3 Å². The van der Waals surface area contributed by atoms with Crippen LogP contribution in [0.2, 0.25) is 0 Å². The van der Waals surface area contributed by atoms with Gasteiger partial charge in [-0.3, -0.25) is 4.79 Å². The Morgan fingerprint density at radius 2 is 2.11 bits per heavy atom. The molecule has 1 N–H and O–H groups in total. The third-order valence-electron chi connectivity index (χ3n) is 2.75. The first-order valence-electron chi connectivity index (χ1n) is 5.67. The van der Waals surface area contributed by atoms with Crippen molar-refractivity contribution in [2.75, 3.05) is 7.11 Å². The quantitative estimate of drug-likeness (QED) is 0.846. The van der Waals surface area contributed by atoms with E-state index in [0.29, 0.717) is 5.56 Å². The van der Waals surface area contributed by atoms with Crippen LogP contribution >= 0.6 is 0 Å². The average Bonchev–Trinajstić information content (AvgIpc) is 2.42. The molecule has 0 spiro atoms. The van der Waals surface area contributed by atoms with Gasteiger partial charge in [0.1, 0.15) is 5.75 Å². The van der Waals surface area contributed by atoms with E-state index in [1.165, 1.54) is 23.8 Å². The highest BCUT2D eigenvalue weighted by Gasteiger charge is 2.09. The molecule has 0 saturated carbocycles. The fourth-order valence-corrected chi connectivity index (χ4v) is 1.72. The van der Waals surface area contributed by atoms with Crippen molar-refractivity contribution >= 4 is 5.97 Å². The van der Waals surface area contributed by atoms with Crippen molar-refractivity contribution in [3.63, 3.8) is 0 Å². The van der Waals surface area contributed by atoms with Gasteiger partial charge in [-0.05, 0) is 18.2 Å². The molecule has 5 nitrogen and oxygen atoms in total. The van der Waals surface area contributed by atoms with Crippen molar-refractivity contribution in [2.45, 2.75) is 6.54 Å². The second kappa shape index (κ2) is 5.39. The number of phenols is 1. The van der Waals surface area contributed by atoms with Gasteiger partial charge in [-0.25, -0.2) is 4.79 Å². The number of aromatic nitrogens is 1. The van der Waals surface area contributed by atoms with Crippen molar-refractivity contribution in [1.82, 2.24) is 4.57 Å². The fraction of sp³-hybridized carbons (Fsp3) is 0.143. The van der Waals surface area contributed by atoms with Crippen LogP contribution in [0.5, 0.6) is 5.75 Å². The zero-order valence-corrected chi connectivity index (χ0v) is 10.4. The van der Waals surface area contributed by atoms with Crippen LogP contribution in [0.15, 0.2) is 47.4 Å². The number of ether oxygens (including phenoxy) is 1. The number of pyridine rings is 1. The largest absolute Gasteiger partial charge is 0.508 e. The van der Waals surface area contributed by atoms with Crippen LogP contribution < -0.4 is 5.56 Å². The number of carbonyl (C=O) groups excluding carboxylic acids is 1. The zero-order valence-electron chi connectivity index (χ0n) is 10.4. The van der Waals surface area contributed by atoms with Gasteiger partial charge in [0.25, 0.3) is 5.56 Å². The Labute approximate surface area is 109 Å². The van der Waals surface area contributed by atoms with Crippen LogP contribution in [0.3, 0.4) is 0 Å². The summed E-state index contributed by atoms with van der Waals surface area (Å²) in [6.45, 7) is 0.243. The first-order valence-corrected chi connectivity index (χ1v) is 5.67. The van der Waals surface area contributed by atoms with Crippen LogP contribution in [0.1, 0.15) is 15.9 Å². The third-order valence-corrected chi connectivity index (χ3v) is 2.75. The summed E-state index contributed by atoms with van der Waals surface area (Å²) in [5.74, 6) is -0.558. The molecular formula is C14H13NO4. The molecule has 0 saturated heterocycles. The number of benzene rings is 1. The standard InChI is InChI=1S/C14H13NO4/c1-19-14(18)10-5-6-11(12(16)8-10)9-15-7-3-2-4-13(15)17/h2-8,16H,9H2,1H3. The average molecular weight is 259 g/mol. The third kappa shape index (κ3) is 2.82. The molecular weight excluding hydrogens is 246 g/mol. The van der Waals surface area contributed by atoms with Crippen molar-refractivity contribution in [1.29, 1.82) is 0 Å². The molecule has 0 bridgehead atoms. The van der Waals surface area contributed by atoms with Gasteiger partial charge in [0, 0.05) is 17.8 Å². The van der Waals surface area contributed by atoms with Gasteiger partial charge in [0.2, 0.25) is 0 Å². The normalized spacial score (nSPS) is 10.2. The van der Waals surface area contributed by atoms with E-state index < -0.39 is 5.97 Å². The van der Waals surface area contributed by atoms with Crippen LogP contribution in [0.25, 0.3) is 0 Å². The SMILES string of the molecule is COC(=O)c1ccc(Cn2ccccc2=O)c(O)c1. The summed E-state index contributed by atoms with van der Waals surface area (Å²) >= 11 is 0. The van der Waals surface area contributed by atoms with E-state index in [-0.39, 0.29) is 23.4 Å². The molecule has 1 heterocycles. The smallest absolute Gasteiger partial charge is 0.337 e. The van der Waals surface area contributed by atoms with Gasteiger partial charge in [-0.15, -0.1) is 0 Å². The molecule has 1 aromatic heterocycles. The Hall–Kier alpha value is -2.56. The summed E-state index contributed by atoms with van der Waals surface area (Å²) in [5, 5.41) is 9.86. The van der Waals surface area contributed by atoms with E-state index in [9.17, 15) is 14.7 Å². The molecule has 19 heavy (non-hydrogen) atoms. The Morgan fingerprint density at radius 1 is 1.32 bits per heavy atom. The highest BCUT2D eigenvalue weighted by atomic mass is 16.5. The Morgan fingerprint density at radius 3 is 2.74 bits per heavy atom. The summed E-state index contributed by atoms with van der Waals surface area (Å²) in [6, 6.07) is 9.31. The predicted molar refractivity (Wildman–Crippen MR) is 69.3 cm³/mol. The highest BCUT2D eigenvalue weighted by Crippen LogP contribution is 2.20.